The molecule has 1 N–H and O–H groups in total. The minimum Gasteiger partial charge on any atom is -0.378 e. The number of imidazole rings is 1. The van der Waals surface area contributed by atoms with E-state index >= 15 is 0 Å². The first-order chi connectivity index (χ1) is 16.2. The van der Waals surface area contributed by atoms with Gasteiger partial charge in [0.05, 0.1) is 25.8 Å². The third-order valence-electron chi connectivity index (χ3n) is 5.94. The van der Waals surface area contributed by atoms with Crippen molar-refractivity contribution in [1.29, 1.82) is 0 Å². The summed E-state index contributed by atoms with van der Waals surface area (Å²) < 4.78 is 7.28. The van der Waals surface area contributed by atoms with Crippen LogP contribution in [0.1, 0.15) is 24.0 Å². The van der Waals surface area contributed by atoms with Gasteiger partial charge in [-0.3, -0.25) is 10.2 Å². The summed E-state index contributed by atoms with van der Waals surface area (Å²) in [6.07, 6.45) is 5.54. The fourth-order valence-corrected chi connectivity index (χ4v) is 4.16. The molecule has 3 aromatic rings. The number of benzene rings is 1. The molecule has 0 unspecified atom stereocenters. The molecular formula is C23H28N8O2. The molecule has 0 spiro atoms. The van der Waals surface area contributed by atoms with E-state index in [1.165, 1.54) is 5.56 Å². The molecule has 33 heavy (non-hydrogen) atoms. The normalized spacial score (nSPS) is 16.8. The maximum absolute atomic E-state index is 12.8. The Balaban J connectivity index is 1.45. The Kier molecular flexibility index (Phi) is 6.16. The summed E-state index contributed by atoms with van der Waals surface area (Å²) in [6, 6.07) is 8.09. The topological polar surface area (TPSA) is 101 Å². The van der Waals surface area contributed by atoms with Gasteiger partial charge in [0.25, 0.3) is 0 Å². The quantitative estimate of drug-likeness (QED) is 0.455. The molecule has 0 saturated carbocycles. The number of ether oxygens (including phenoxy) is 1. The lowest BCUT2D eigenvalue weighted by Crippen LogP contribution is -2.37. The molecule has 2 aliphatic rings. The number of carbonyl (C=O) groups is 1. The van der Waals surface area contributed by atoms with Crippen LogP contribution < -0.4 is 10.3 Å². The second kappa shape index (κ2) is 9.53. The van der Waals surface area contributed by atoms with Crippen LogP contribution in [0.4, 0.5) is 11.8 Å². The Morgan fingerprint density at radius 1 is 1.18 bits per heavy atom. The van der Waals surface area contributed by atoms with E-state index in [-0.39, 0.29) is 12.5 Å². The Morgan fingerprint density at radius 3 is 2.79 bits per heavy atom. The number of hydrogen-bond acceptors (Lipinski definition) is 8. The van der Waals surface area contributed by atoms with Crippen LogP contribution in [0.2, 0.25) is 0 Å². The third-order valence-corrected chi connectivity index (χ3v) is 5.94. The van der Waals surface area contributed by atoms with Crippen molar-refractivity contribution in [2.24, 2.45) is 5.10 Å². The van der Waals surface area contributed by atoms with Gasteiger partial charge in [-0.2, -0.15) is 15.1 Å². The number of morpholine rings is 1. The molecule has 2 fully saturated rings. The zero-order valence-corrected chi connectivity index (χ0v) is 18.8. The molecular weight excluding hydrogens is 420 g/mol. The highest BCUT2D eigenvalue weighted by molar-refractivity contribution is 5.87. The number of nitrogens with one attached hydrogen (secondary N) is 1. The van der Waals surface area contributed by atoms with Crippen molar-refractivity contribution in [3.63, 3.8) is 0 Å². The molecule has 1 aromatic carbocycles. The van der Waals surface area contributed by atoms with Gasteiger partial charge in [-0.1, -0.05) is 29.8 Å². The number of anilines is 2. The first kappa shape index (κ1) is 21.3. The van der Waals surface area contributed by atoms with E-state index in [1.54, 1.807) is 17.1 Å². The Labute approximate surface area is 192 Å². The molecule has 2 aromatic heterocycles. The van der Waals surface area contributed by atoms with Gasteiger partial charge < -0.3 is 19.1 Å². The van der Waals surface area contributed by atoms with Crippen LogP contribution in [-0.4, -0.2) is 75.9 Å². The highest BCUT2D eigenvalue weighted by Crippen LogP contribution is 2.24. The molecule has 10 nitrogen and oxygen atoms in total. The van der Waals surface area contributed by atoms with Gasteiger partial charge in [-0.25, -0.2) is 4.98 Å². The van der Waals surface area contributed by atoms with Crippen LogP contribution in [0.25, 0.3) is 11.2 Å². The van der Waals surface area contributed by atoms with E-state index in [4.69, 9.17) is 14.7 Å². The molecule has 172 valence electrons. The predicted molar refractivity (Wildman–Crippen MR) is 127 cm³/mol. The molecule has 5 rings (SSSR count). The summed E-state index contributed by atoms with van der Waals surface area (Å²) in [5, 5.41) is 4.39. The predicted octanol–water partition coefficient (Wildman–Crippen LogP) is 2.04. The maximum Gasteiger partial charge on any atom is 0.242 e. The number of likely N-dealkylation sites (tertiary alicyclic amines) is 1. The van der Waals surface area contributed by atoms with Crippen molar-refractivity contribution in [2.45, 2.75) is 26.3 Å². The molecule has 2 saturated heterocycles. The van der Waals surface area contributed by atoms with Crippen molar-refractivity contribution < 1.29 is 9.53 Å². The second-order valence-corrected chi connectivity index (χ2v) is 8.39. The maximum atomic E-state index is 12.8. The monoisotopic (exact) mass is 448 g/mol. The van der Waals surface area contributed by atoms with Gasteiger partial charge in [-0.05, 0) is 25.3 Å². The number of rotatable bonds is 6. The van der Waals surface area contributed by atoms with Crippen LogP contribution >= 0.6 is 0 Å². The summed E-state index contributed by atoms with van der Waals surface area (Å²) in [5.41, 5.74) is 6.40. The first-order valence-electron chi connectivity index (χ1n) is 11.4. The van der Waals surface area contributed by atoms with Crippen molar-refractivity contribution in [2.75, 3.05) is 49.7 Å². The van der Waals surface area contributed by atoms with Gasteiger partial charge in [0.15, 0.2) is 17.0 Å². The van der Waals surface area contributed by atoms with E-state index < -0.39 is 0 Å². The molecule has 2 aliphatic heterocycles. The summed E-state index contributed by atoms with van der Waals surface area (Å²) in [6.45, 7) is 6.56. The smallest absolute Gasteiger partial charge is 0.242 e. The Hall–Kier alpha value is -3.53. The van der Waals surface area contributed by atoms with Crippen LogP contribution in [-0.2, 0) is 16.1 Å². The lowest BCUT2D eigenvalue weighted by atomic mass is 10.2. The zero-order chi connectivity index (χ0) is 22.6. The van der Waals surface area contributed by atoms with Crippen molar-refractivity contribution in [1.82, 2.24) is 24.4 Å². The fraction of sp³-hybridized carbons (Fsp3) is 0.435. The van der Waals surface area contributed by atoms with E-state index in [9.17, 15) is 4.79 Å². The second-order valence-electron chi connectivity index (χ2n) is 8.39. The van der Waals surface area contributed by atoms with Crippen molar-refractivity contribution in [3.8, 4) is 0 Å². The Bertz CT molecular complexity index is 1160. The summed E-state index contributed by atoms with van der Waals surface area (Å²) in [7, 11) is 0. The number of nitrogens with zero attached hydrogens (tertiary/aromatic N) is 7. The molecule has 0 radical (unpaired) electrons. The van der Waals surface area contributed by atoms with E-state index in [1.807, 2.05) is 30.0 Å². The summed E-state index contributed by atoms with van der Waals surface area (Å²) in [4.78, 5) is 30.7. The average molecular weight is 449 g/mol. The SMILES string of the molecule is Cc1cccc(/C=N/Nc2nc(N3CCOCC3)nc3c2ncn3CC(=O)N2CCCC2)c1. The average Bonchev–Trinajstić information content (AvgIpc) is 3.51. The van der Waals surface area contributed by atoms with Gasteiger partial charge in [0.1, 0.15) is 6.54 Å². The number of hydrogen-bond donors (Lipinski definition) is 1. The zero-order valence-electron chi connectivity index (χ0n) is 18.8. The van der Waals surface area contributed by atoms with Crippen LogP contribution in [0, 0.1) is 6.92 Å². The lowest BCUT2D eigenvalue weighted by Gasteiger charge is -2.27. The molecule has 0 aliphatic carbocycles. The van der Waals surface area contributed by atoms with Crippen molar-refractivity contribution in [3.05, 3.63) is 41.7 Å². The number of aryl methyl sites for hydroxylation is 1. The molecule has 0 bridgehead atoms. The highest BCUT2D eigenvalue weighted by atomic mass is 16.5. The fourth-order valence-electron chi connectivity index (χ4n) is 4.16. The molecule has 10 heteroatoms. The summed E-state index contributed by atoms with van der Waals surface area (Å²) in [5.74, 6) is 1.18. The van der Waals surface area contributed by atoms with Gasteiger partial charge in [0, 0.05) is 26.2 Å². The lowest BCUT2D eigenvalue weighted by molar-refractivity contribution is -0.130. The minimum absolute atomic E-state index is 0.0883. The largest absolute Gasteiger partial charge is 0.378 e. The van der Waals surface area contributed by atoms with Gasteiger partial charge in [-0.15, -0.1) is 0 Å². The molecule has 0 atom stereocenters. The van der Waals surface area contributed by atoms with E-state index in [0.29, 0.717) is 49.2 Å². The summed E-state index contributed by atoms with van der Waals surface area (Å²) >= 11 is 0. The molecule has 4 heterocycles. The van der Waals surface area contributed by atoms with Crippen LogP contribution in [0.15, 0.2) is 35.7 Å². The minimum atomic E-state index is 0.0883. The number of carbonyl (C=O) groups excluding carboxylic acids is 1. The van der Waals surface area contributed by atoms with Gasteiger partial charge >= 0.3 is 0 Å². The van der Waals surface area contributed by atoms with Gasteiger partial charge in [0.2, 0.25) is 11.9 Å². The van der Waals surface area contributed by atoms with Crippen molar-refractivity contribution >= 4 is 35.1 Å². The highest BCUT2D eigenvalue weighted by Gasteiger charge is 2.22. The third kappa shape index (κ3) is 4.80. The van der Waals surface area contributed by atoms with Crippen LogP contribution in [0.5, 0.6) is 0 Å². The van der Waals surface area contributed by atoms with E-state index in [2.05, 4.69) is 26.5 Å². The standard InChI is InChI=1S/C23H28N8O2/c1-17-5-4-6-18(13-17)14-25-28-21-20-22(27-23(26-21)30-9-11-33-12-10-30)31(16-24-20)15-19(32)29-7-2-3-8-29/h4-6,13-14,16H,2-3,7-12,15H2,1H3,(H,26,27,28)/b25-14+. The van der Waals surface area contributed by atoms with Crippen LogP contribution in [0.3, 0.4) is 0 Å². The number of amides is 1. The van der Waals surface area contributed by atoms with E-state index in [0.717, 1.165) is 31.5 Å². The molecule has 1 amide bonds. The number of hydrazone groups is 1. The first-order valence-corrected chi connectivity index (χ1v) is 11.4. The number of aromatic nitrogens is 4. The Morgan fingerprint density at radius 2 is 2.00 bits per heavy atom. The number of fused-ring (bicyclic) bond motifs is 1.